The molecule has 4 rings (SSSR count). The fraction of sp³-hybridized carbons (Fsp3) is 0.444. The summed E-state index contributed by atoms with van der Waals surface area (Å²) in [4.78, 5) is 33.9. The quantitative estimate of drug-likeness (QED) is 0.234. The summed E-state index contributed by atoms with van der Waals surface area (Å²) >= 11 is 0. The zero-order valence-corrected chi connectivity index (χ0v) is 21.4. The summed E-state index contributed by atoms with van der Waals surface area (Å²) in [5.41, 5.74) is 2.13. The molecule has 0 saturated heterocycles. The molecule has 9 nitrogen and oxygen atoms in total. The Morgan fingerprint density at radius 2 is 1.67 bits per heavy atom. The van der Waals surface area contributed by atoms with E-state index >= 15 is 0 Å². The molecule has 0 aliphatic carbocycles. The number of ether oxygens (including phenoxy) is 4. The van der Waals surface area contributed by atoms with Gasteiger partial charge in [-0.15, -0.1) is 0 Å². The number of fused-ring (bicyclic) bond motifs is 3. The van der Waals surface area contributed by atoms with Crippen LogP contribution in [-0.4, -0.2) is 55.9 Å². The number of para-hydroxylation sites is 2. The van der Waals surface area contributed by atoms with Gasteiger partial charge in [0.2, 0.25) is 11.9 Å². The minimum Gasteiger partial charge on any atom is -0.496 e. The van der Waals surface area contributed by atoms with E-state index < -0.39 is 17.9 Å². The largest absolute Gasteiger partial charge is 0.496 e. The van der Waals surface area contributed by atoms with E-state index in [1.54, 1.807) is 31.1 Å². The third-order valence-corrected chi connectivity index (χ3v) is 6.52. The molecule has 3 aromatic rings. The number of unbranched alkanes of at least 4 members (excludes halogenated alkanes) is 2. The Morgan fingerprint density at radius 3 is 2.33 bits per heavy atom. The second-order valence-corrected chi connectivity index (χ2v) is 8.59. The number of rotatable bonds is 10. The molecule has 1 aliphatic rings. The van der Waals surface area contributed by atoms with Gasteiger partial charge in [-0.3, -0.25) is 14.5 Å². The maximum Gasteiger partial charge on any atom is 0.321 e. The van der Waals surface area contributed by atoms with Gasteiger partial charge in [0, 0.05) is 18.2 Å². The molecule has 0 radical (unpaired) electrons. The molecule has 192 valence electrons. The van der Waals surface area contributed by atoms with Crippen molar-refractivity contribution in [1.29, 1.82) is 0 Å². The monoisotopic (exact) mass is 495 g/mol. The SMILES string of the molecule is CCCCCN1C(=O)[C@H](C(=O)OCC)[C@H](c2cc(OC)c(OC)cc2OC)n2c1nc1ccccc12. The van der Waals surface area contributed by atoms with Gasteiger partial charge in [0.05, 0.1) is 45.0 Å². The van der Waals surface area contributed by atoms with Crippen LogP contribution < -0.4 is 19.1 Å². The van der Waals surface area contributed by atoms with Crippen molar-refractivity contribution in [3.63, 3.8) is 0 Å². The summed E-state index contributed by atoms with van der Waals surface area (Å²) in [5, 5.41) is 0. The molecule has 0 fully saturated rings. The number of amides is 1. The first-order chi connectivity index (χ1) is 17.5. The Labute approximate surface area is 210 Å². The van der Waals surface area contributed by atoms with Crippen LogP contribution in [0.2, 0.25) is 0 Å². The second kappa shape index (κ2) is 10.9. The Balaban J connectivity index is 2.02. The summed E-state index contributed by atoms with van der Waals surface area (Å²) in [5.74, 6) is -0.168. The fourth-order valence-electron chi connectivity index (χ4n) is 4.84. The Hall–Kier alpha value is -3.75. The Bertz CT molecular complexity index is 1250. The van der Waals surface area contributed by atoms with E-state index in [0.29, 0.717) is 35.3 Å². The molecule has 0 saturated carbocycles. The van der Waals surface area contributed by atoms with Gasteiger partial charge in [0.15, 0.2) is 17.4 Å². The van der Waals surface area contributed by atoms with Crippen LogP contribution in [0.25, 0.3) is 11.0 Å². The number of carbonyl (C=O) groups excluding carboxylic acids is 2. The standard InChI is InChI=1S/C27H33N3O6/c1-6-8-11-14-29-25(31)23(26(32)36-7-2)24(30-19-13-10-9-12-18(19)28-27(29)30)17-15-21(34-4)22(35-5)16-20(17)33-3/h9-10,12-13,15-16,23-24H,6-8,11,14H2,1-5H3/t23-,24+/m1/s1. The molecule has 2 heterocycles. The molecule has 1 aliphatic heterocycles. The van der Waals surface area contributed by atoms with Crippen LogP contribution >= 0.6 is 0 Å². The first-order valence-corrected chi connectivity index (χ1v) is 12.2. The number of carbonyl (C=O) groups is 2. The van der Waals surface area contributed by atoms with E-state index in [1.807, 2.05) is 28.8 Å². The van der Waals surface area contributed by atoms with Crippen molar-refractivity contribution in [1.82, 2.24) is 9.55 Å². The zero-order chi connectivity index (χ0) is 25.8. The Kier molecular flexibility index (Phi) is 7.67. The van der Waals surface area contributed by atoms with Crippen molar-refractivity contribution in [2.24, 2.45) is 5.92 Å². The molecule has 2 atom stereocenters. The zero-order valence-electron chi connectivity index (χ0n) is 21.4. The van der Waals surface area contributed by atoms with Gasteiger partial charge in [0.1, 0.15) is 5.75 Å². The first kappa shape index (κ1) is 25.3. The number of esters is 1. The molecule has 36 heavy (non-hydrogen) atoms. The maximum absolute atomic E-state index is 14.0. The molecule has 0 bridgehead atoms. The van der Waals surface area contributed by atoms with Crippen LogP contribution in [0, 0.1) is 5.92 Å². The van der Waals surface area contributed by atoms with E-state index in [-0.39, 0.29) is 12.5 Å². The number of imidazole rings is 1. The number of anilines is 1. The van der Waals surface area contributed by atoms with Crippen molar-refractivity contribution < 1.29 is 28.5 Å². The molecule has 0 unspecified atom stereocenters. The average molecular weight is 496 g/mol. The van der Waals surface area contributed by atoms with E-state index in [2.05, 4.69) is 6.92 Å². The molecule has 9 heteroatoms. The van der Waals surface area contributed by atoms with E-state index in [4.69, 9.17) is 23.9 Å². The predicted molar refractivity (Wildman–Crippen MR) is 136 cm³/mol. The lowest BCUT2D eigenvalue weighted by Crippen LogP contribution is -2.50. The fourth-order valence-corrected chi connectivity index (χ4v) is 4.84. The van der Waals surface area contributed by atoms with Gasteiger partial charge in [-0.2, -0.15) is 0 Å². The van der Waals surface area contributed by atoms with Crippen LogP contribution in [0.1, 0.15) is 44.7 Å². The van der Waals surface area contributed by atoms with Crippen molar-refractivity contribution in [3.05, 3.63) is 42.0 Å². The number of aromatic nitrogens is 2. The molecule has 1 amide bonds. The highest BCUT2D eigenvalue weighted by molar-refractivity contribution is 6.08. The Morgan fingerprint density at radius 1 is 0.972 bits per heavy atom. The topological polar surface area (TPSA) is 92.1 Å². The van der Waals surface area contributed by atoms with Crippen LogP contribution in [0.4, 0.5) is 5.95 Å². The second-order valence-electron chi connectivity index (χ2n) is 8.59. The predicted octanol–water partition coefficient (Wildman–Crippen LogP) is 4.37. The van der Waals surface area contributed by atoms with E-state index in [9.17, 15) is 9.59 Å². The van der Waals surface area contributed by atoms with Crippen LogP contribution in [0.15, 0.2) is 36.4 Å². The van der Waals surface area contributed by atoms with Gasteiger partial charge in [0.25, 0.3) is 0 Å². The summed E-state index contributed by atoms with van der Waals surface area (Å²) < 4.78 is 24.1. The number of methoxy groups -OCH3 is 3. The summed E-state index contributed by atoms with van der Waals surface area (Å²) in [6, 6.07) is 10.3. The highest BCUT2D eigenvalue weighted by Crippen LogP contribution is 2.47. The van der Waals surface area contributed by atoms with Gasteiger partial charge in [-0.05, 0) is 31.5 Å². The van der Waals surface area contributed by atoms with E-state index in [1.165, 1.54) is 14.2 Å². The highest BCUT2D eigenvalue weighted by Gasteiger charge is 2.48. The summed E-state index contributed by atoms with van der Waals surface area (Å²) in [7, 11) is 4.62. The van der Waals surface area contributed by atoms with Crippen LogP contribution in [0.5, 0.6) is 17.2 Å². The molecule has 0 N–H and O–H groups in total. The third-order valence-electron chi connectivity index (χ3n) is 6.52. The molecule has 1 aromatic heterocycles. The summed E-state index contributed by atoms with van der Waals surface area (Å²) in [6.07, 6.45) is 2.76. The minimum absolute atomic E-state index is 0.159. The lowest BCUT2D eigenvalue weighted by Gasteiger charge is -2.38. The lowest BCUT2D eigenvalue weighted by molar-refractivity contribution is -0.153. The number of hydrogen-bond acceptors (Lipinski definition) is 7. The smallest absolute Gasteiger partial charge is 0.321 e. The molecule has 2 aromatic carbocycles. The van der Waals surface area contributed by atoms with Crippen molar-refractivity contribution in [2.75, 3.05) is 39.4 Å². The van der Waals surface area contributed by atoms with Crippen molar-refractivity contribution in [3.8, 4) is 17.2 Å². The van der Waals surface area contributed by atoms with Gasteiger partial charge >= 0.3 is 5.97 Å². The van der Waals surface area contributed by atoms with Crippen LogP contribution in [-0.2, 0) is 14.3 Å². The van der Waals surface area contributed by atoms with Crippen molar-refractivity contribution >= 4 is 28.9 Å². The van der Waals surface area contributed by atoms with Gasteiger partial charge < -0.3 is 23.5 Å². The minimum atomic E-state index is -1.14. The molecular formula is C27H33N3O6. The molecule has 0 spiro atoms. The molecular weight excluding hydrogens is 462 g/mol. The highest BCUT2D eigenvalue weighted by atomic mass is 16.5. The van der Waals surface area contributed by atoms with Crippen LogP contribution in [0.3, 0.4) is 0 Å². The maximum atomic E-state index is 14.0. The average Bonchev–Trinajstić information content (AvgIpc) is 3.28. The number of hydrogen-bond donors (Lipinski definition) is 0. The van der Waals surface area contributed by atoms with Crippen molar-refractivity contribution in [2.45, 2.75) is 39.2 Å². The van der Waals surface area contributed by atoms with E-state index in [0.717, 1.165) is 30.3 Å². The van der Waals surface area contributed by atoms with Gasteiger partial charge in [-0.25, -0.2) is 4.98 Å². The number of benzene rings is 2. The third kappa shape index (κ3) is 4.34. The number of nitrogens with zero attached hydrogens (tertiary/aromatic N) is 3. The summed E-state index contributed by atoms with van der Waals surface area (Å²) in [6.45, 7) is 4.45. The first-order valence-electron chi connectivity index (χ1n) is 12.2. The van der Waals surface area contributed by atoms with Gasteiger partial charge in [-0.1, -0.05) is 31.9 Å². The normalized spacial score (nSPS) is 17.1. The lowest BCUT2D eigenvalue weighted by atomic mass is 9.88.